The van der Waals surface area contributed by atoms with Crippen molar-refractivity contribution in [1.82, 2.24) is 24.0 Å². The Morgan fingerprint density at radius 2 is 1.25 bits per heavy atom. The molecule has 2 aliphatic heterocycles. The van der Waals surface area contributed by atoms with Crippen molar-refractivity contribution >= 4 is 0 Å². The van der Waals surface area contributed by atoms with Gasteiger partial charge in [-0.25, -0.2) is 14.0 Å². The van der Waals surface area contributed by atoms with E-state index < -0.39 is 77.1 Å². The molecule has 0 unspecified atom stereocenters. The van der Waals surface area contributed by atoms with E-state index in [4.69, 9.17) is 28.4 Å². The number of H-pyrrole nitrogens is 2. The highest BCUT2D eigenvalue weighted by Crippen LogP contribution is 2.44. The number of benzene rings is 3. The first-order valence-electron chi connectivity index (χ1n) is 19.4. The van der Waals surface area contributed by atoms with Crippen LogP contribution in [0.4, 0.5) is 4.39 Å². The number of halogens is 1. The molecule has 4 heterocycles. The van der Waals surface area contributed by atoms with E-state index in [2.05, 4.69) is 9.97 Å². The summed E-state index contributed by atoms with van der Waals surface area (Å²) in [6, 6.07) is 26.9. The molecule has 5 aromatic rings. The second-order valence-corrected chi connectivity index (χ2v) is 14.8. The van der Waals surface area contributed by atoms with Crippen LogP contribution in [0.1, 0.15) is 35.6 Å². The molecule has 0 radical (unpaired) electrons. The fourth-order valence-electron chi connectivity index (χ4n) is 8.15. The third kappa shape index (κ3) is 8.50. The summed E-state index contributed by atoms with van der Waals surface area (Å²) in [6.07, 6.45) is -5.22. The summed E-state index contributed by atoms with van der Waals surface area (Å²) in [5, 5.41) is 11.2. The number of aliphatic hydroxyl groups excluding tert-OH is 1. The van der Waals surface area contributed by atoms with Gasteiger partial charge in [0.1, 0.15) is 35.4 Å². The molecule has 3 aromatic carbocycles. The van der Waals surface area contributed by atoms with Crippen molar-refractivity contribution < 1.29 is 37.9 Å². The molecule has 2 aromatic heterocycles. The SMILES string of the molecule is COc1ccc(C(OC[C@H]2O[C@@H](n3ccc(=O)[nH]c3=O)[C@H](F)[C@@H]2CCN(C)C[C@H]2O[C@@H](n3ccc(=O)[nH]c3=O)[C@H](OC)[C@@H]2O)(c2ccccc2)c2ccc(OC)cc2)cc1. The van der Waals surface area contributed by atoms with E-state index in [1.807, 2.05) is 83.8 Å². The van der Waals surface area contributed by atoms with Crippen LogP contribution < -0.4 is 32.0 Å². The van der Waals surface area contributed by atoms with E-state index in [9.17, 15) is 24.3 Å². The van der Waals surface area contributed by atoms with Gasteiger partial charge in [0, 0.05) is 44.1 Å². The molecule has 0 aliphatic carbocycles. The maximum Gasteiger partial charge on any atom is 0.330 e. The highest BCUT2D eigenvalue weighted by Gasteiger charge is 2.49. The van der Waals surface area contributed by atoms with Crippen molar-refractivity contribution in [2.75, 3.05) is 48.1 Å². The molecular weight excluding hydrogens is 781 g/mol. The van der Waals surface area contributed by atoms with Gasteiger partial charge in [0.25, 0.3) is 11.1 Å². The number of rotatable bonds is 16. The number of nitrogens with zero attached hydrogens (tertiary/aromatic N) is 3. The summed E-state index contributed by atoms with van der Waals surface area (Å²) >= 11 is 0. The number of alkyl halides is 1. The topological polar surface area (TPSA) is 189 Å². The Kier molecular flexibility index (Phi) is 12.9. The molecule has 0 bridgehead atoms. The Hall–Kier alpha value is -5.69. The van der Waals surface area contributed by atoms with E-state index in [0.29, 0.717) is 11.5 Å². The lowest BCUT2D eigenvalue weighted by Gasteiger charge is -2.37. The Bertz CT molecular complexity index is 2390. The van der Waals surface area contributed by atoms with E-state index in [0.717, 1.165) is 31.9 Å². The Morgan fingerprint density at radius 3 is 1.77 bits per heavy atom. The molecule has 2 aliphatic rings. The molecular formula is C43H48FN5O11. The van der Waals surface area contributed by atoms with Crippen molar-refractivity contribution in [3.05, 3.63) is 162 Å². The Morgan fingerprint density at radius 1 is 0.733 bits per heavy atom. The first-order valence-corrected chi connectivity index (χ1v) is 19.4. The van der Waals surface area contributed by atoms with E-state index in [1.54, 1.807) is 21.3 Å². The molecule has 3 N–H and O–H groups in total. The smallest absolute Gasteiger partial charge is 0.330 e. The van der Waals surface area contributed by atoms with Crippen molar-refractivity contribution in [3.8, 4) is 11.5 Å². The zero-order chi connectivity index (χ0) is 42.6. The van der Waals surface area contributed by atoms with Crippen molar-refractivity contribution in [2.45, 2.75) is 55.1 Å². The Labute approximate surface area is 343 Å². The van der Waals surface area contributed by atoms with Gasteiger partial charge in [-0.3, -0.25) is 28.7 Å². The number of hydrogen-bond acceptors (Lipinski definition) is 12. The third-order valence-corrected chi connectivity index (χ3v) is 11.3. The van der Waals surface area contributed by atoms with Gasteiger partial charge in [-0.05, 0) is 61.0 Å². The monoisotopic (exact) mass is 829 g/mol. The number of likely N-dealkylation sites (N-methyl/N-ethyl adjacent to an activating group) is 1. The molecule has 17 heteroatoms. The summed E-state index contributed by atoms with van der Waals surface area (Å²) in [5.74, 6) is 0.453. The molecule has 16 nitrogen and oxygen atoms in total. The lowest BCUT2D eigenvalue weighted by Crippen LogP contribution is -2.41. The largest absolute Gasteiger partial charge is 0.497 e. The van der Waals surface area contributed by atoms with Gasteiger partial charge in [0.15, 0.2) is 18.6 Å². The second kappa shape index (κ2) is 18.3. The van der Waals surface area contributed by atoms with Crippen LogP contribution in [0.2, 0.25) is 0 Å². The molecule has 8 atom stereocenters. The quantitative estimate of drug-likeness (QED) is 0.124. The summed E-state index contributed by atoms with van der Waals surface area (Å²) < 4.78 is 55.2. The molecule has 60 heavy (non-hydrogen) atoms. The number of aromatic nitrogens is 4. The summed E-state index contributed by atoms with van der Waals surface area (Å²) in [7, 11) is 6.33. The number of hydrogen-bond donors (Lipinski definition) is 3. The summed E-state index contributed by atoms with van der Waals surface area (Å²) in [5.41, 5.74) is -1.70. The van der Waals surface area contributed by atoms with E-state index in [-0.39, 0.29) is 26.1 Å². The molecule has 2 fully saturated rings. The van der Waals surface area contributed by atoms with Gasteiger partial charge in [0.2, 0.25) is 0 Å². The van der Waals surface area contributed by atoms with Crippen LogP contribution in [0.3, 0.4) is 0 Å². The van der Waals surface area contributed by atoms with Gasteiger partial charge in [-0.15, -0.1) is 0 Å². The van der Waals surface area contributed by atoms with Crippen LogP contribution in [0.25, 0.3) is 0 Å². The average Bonchev–Trinajstić information content (AvgIpc) is 3.74. The number of nitrogens with one attached hydrogen (secondary N) is 2. The minimum absolute atomic E-state index is 0.133. The van der Waals surface area contributed by atoms with E-state index >= 15 is 4.39 Å². The third-order valence-electron chi connectivity index (χ3n) is 11.3. The molecule has 0 spiro atoms. The highest BCUT2D eigenvalue weighted by atomic mass is 19.1. The number of ether oxygens (including phenoxy) is 6. The minimum atomic E-state index is -1.72. The normalized spacial score (nSPS) is 24.2. The van der Waals surface area contributed by atoms with Crippen LogP contribution in [0.15, 0.2) is 123 Å². The van der Waals surface area contributed by atoms with Crippen LogP contribution in [0.5, 0.6) is 11.5 Å². The van der Waals surface area contributed by atoms with E-state index in [1.165, 1.54) is 25.6 Å². The molecule has 2 saturated heterocycles. The molecule has 0 saturated carbocycles. The Balaban J connectivity index is 1.18. The van der Waals surface area contributed by atoms with Gasteiger partial charge < -0.3 is 38.4 Å². The van der Waals surface area contributed by atoms with Crippen molar-refractivity contribution in [2.24, 2.45) is 5.92 Å². The maximum atomic E-state index is 16.9. The van der Waals surface area contributed by atoms with Gasteiger partial charge in [0.05, 0.1) is 26.9 Å². The lowest BCUT2D eigenvalue weighted by molar-refractivity contribution is -0.0882. The predicted octanol–water partition coefficient (Wildman–Crippen LogP) is 2.56. The van der Waals surface area contributed by atoms with Crippen LogP contribution in [-0.2, 0) is 24.5 Å². The lowest BCUT2D eigenvalue weighted by atomic mass is 9.80. The standard InChI is InChI=1S/C43H48FN5O11/c1-47(24-32-37(52)38(57-4)40(59-32)49-23-20-35(51)46-42(49)54)21-18-31-33(60-39(36(31)44)48-22-19-34(50)45-41(48)53)25-58-43(26-8-6-5-7-9-26,27-10-14-29(55-2)15-11-27)28-12-16-30(56-3)17-13-28/h5-17,19-20,22-23,31-33,36-40,52H,18,21,24-25H2,1-4H3,(H,45,50,53)(H,46,51,54)/t31-,32-,33-,36-,37-,38-,39-,40-/m1/s1. The number of aromatic amines is 2. The minimum Gasteiger partial charge on any atom is -0.497 e. The van der Waals surface area contributed by atoms with Gasteiger partial charge in [-0.1, -0.05) is 54.6 Å². The first-order chi connectivity index (χ1) is 29.0. The predicted molar refractivity (Wildman–Crippen MR) is 216 cm³/mol. The van der Waals surface area contributed by atoms with Gasteiger partial charge >= 0.3 is 11.4 Å². The van der Waals surface area contributed by atoms with Crippen LogP contribution in [0, 0.1) is 5.92 Å². The van der Waals surface area contributed by atoms with Crippen LogP contribution >= 0.6 is 0 Å². The summed E-state index contributed by atoms with van der Waals surface area (Å²) in [6.45, 7) is 0.314. The number of methoxy groups -OCH3 is 3. The van der Waals surface area contributed by atoms with Crippen molar-refractivity contribution in [3.63, 3.8) is 0 Å². The fraction of sp³-hybridized carbons (Fsp3) is 0.395. The average molecular weight is 830 g/mol. The number of aliphatic hydroxyl groups is 1. The maximum absolute atomic E-state index is 16.9. The van der Waals surface area contributed by atoms with Crippen molar-refractivity contribution in [1.29, 1.82) is 0 Å². The highest BCUT2D eigenvalue weighted by molar-refractivity contribution is 5.49. The molecule has 318 valence electrons. The fourth-order valence-corrected chi connectivity index (χ4v) is 8.15. The van der Waals surface area contributed by atoms with Crippen LogP contribution in [-0.4, -0.2) is 108 Å². The first kappa shape index (κ1) is 42.4. The second-order valence-electron chi connectivity index (χ2n) is 14.8. The van der Waals surface area contributed by atoms with Gasteiger partial charge in [-0.2, -0.15) is 0 Å². The zero-order valence-electron chi connectivity index (χ0n) is 33.5. The summed E-state index contributed by atoms with van der Waals surface area (Å²) in [4.78, 5) is 55.5. The molecule has 0 amide bonds. The zero-order valence-corrected chi connectivity index (χ0v) is 33.5. The molecule has 7 rings (SSSR count).